The SMILES string of the molecule is Cc1cnc(N2CCN(CC3CCNCC3)CC2)s1. The van der Waals surface area contributed by atoms with Gasteiger partial charge in [-0.2, -0.15) is 0 Å². The van der Waals surface area contributed by atoms with Gasteiger partial charge >= 0.3 is 0 Å². The van der Waals surface area contributed by atoms with Gasteiger partial charge in [0.05, 0.1) is 0 Å². The Kier molecular flexibility index (Phi) is 4.35. The molecule has 2 fully saturated rings. The standard InChI is InChI=1S/C14H24N4S/c1-12-10-16-14(19-12)18-8-6-17(7-9-18)11-13-2-4-15-5-3-13/h10,13,15H,2-9,11H2,1H3. The number of rotatable bonds is 3. The summed E-state index contributed by atoms with van der Waals surface area (Å²) in [5.41, 5.74) is 0. The van der Waals surface area contributed by atoms with E-state index in [1.807, 2.05) is 17.5 Å². The molecule has 4 nitrogen and oxygen atoms in total. The number of piperidine rings is 1. The summed E-state index contributed by atoms with van der Waals surface area (Å²) in [7, 11) is 0. The molecule has 1 aromatic rings. The highest BCUT2D eigenvalue weighted by atomic mass is 32.1. The van der Waals surface area contributed by atoms with Gasteiger partial charge in [-0.15, -0.1) is 11.3 Å². The van der Waals surface area contributed by atoms with Crippen molar-refractivity contribution in [2.45, 2.75) is 19.8 Å². The highest BCUT2D eigenvalue weighted by Gasteiger charge is 2.22. The van der Waals surface area contributed by atoms with Crippen LogP contribution in [0.2, 0.25) is 0 Å². The molecule has 0 atom stereocenters. The largest absolute Gasteiger partial charge is 0.346 e. The van der Waals surface area contributed by atoms with E-state index in [4.69, 9.17) is 0 Å². The highest BCUT2D eigenvalue weighted by Crippen LogP contribution is 2.23. The second-order valence-corrected chi connectivity index (χ2v) is 6.95. The van der Waals surface area contributed by atoms with Gasteiger partial charge in [0, 0.05) is 43.8 Å². The third-order valence-electron chi connectivity index (χ3n) is 4.23. The summed E-state index contributed by atoms with van der Waals surface area (Å²) in [6.45, 7) is 10.5. The van der Waals surface area contributed by atoms with E-state index in [9.17, 15) is 0 Å². The third kappa shape index (κ3) is 3.46. The van der Waals surface area contributed by atoms with Crippen molar-refractivity contribution in [2.24, 2.45) is 5.92 Å². The first-order chi connectivity index (χ1) is 9.31. The zero-order valence-electron chi connectivity index (χ0n) is 11.8. The molecule has 0 saturated carbocycles. The molecule has 0 aliphatic carbocycles. The molecule has 3 rings (SSSR count). The third-order valence-corrected chi connectivity index (χ3v) is 5.20. The van der Waals surface area contributed by atoms with Crippen LogP contribution in [-0.2, 0) is 0 Å². The number of nitrogens with zero attached hydrogens (tertiary/aromatic N) is 3. The quantitative estimate of drug-likeness (QED) is 0.911. The van der Waals surface area contributed by atoms with Crippen molar-refractivity contribution in [1.29, 1.82) is 0 Å². The minimum atomic E-state index is 0.912. The monoisotopic (exact) mass is 280 g/mol. The van der Waals surface area contributed by atoms with Crippen LogP contribution in [0.1, 0.15) is 17.7 Å². The fourth-order valence-corrected chi connectivity index (χ4v) is 3.85. The minimum Gasteiger partial charge on any atom is -0.346 e. The van der Waals surface area contributed by atoms with Gasteiger partial charge in [-0.25, -0.2) is 4.98 Å². The van der Waals surface area contributed by atoms with E-state index in [0.29, 0.717) is 0 Å². The summed E-state index contributed by atoms with van der Waals surface area (Å²) in [6, 6.07) is 0. The number of piperazine rings is 1. The molecule has 3 heterocycles. The summed E-state index contributed by atoms with van der Waals surface area (Å²) in [6.07, 6.45) is 4.69. The van der Waals surface area contributed by atoms with Crippen LogP contribution in [0.4, 0.5) is 5.13 Å². The minimum absolute atomic E-state index is 0.912. The van der Waals surface area contributed by atoms with Crippen molar-refractivity contribution < 1.29 is 0 Å². The Hall–Kier alpha value is -0.650. The molecule has 2 aliphatic rings. The second-order valence-electron chi connectivity index (χ2n) is 5.73. The van der Waals surface area contributed by atoms with Gasteiger partial charge in [-0.3, -0.25) is 4.90 Å². The van der Waals surface area contributed by atoms with E-state index in [1.54, 1.807) is 0 Å². The molecular formula is C14H24N4S. The van der Waals surface area contributed by atoms with E-state index in [2.05, 4.69) is 27.0 Å². The molecule has 0 amide bonds. The average Bonchev–Trinajstić information content (AvgIpc) is 2.87. The van der Waals surface area contributed by atoms with Gasteiger partial charge in [0.25, 0.3) is 0 Å². The smallest absolute Gasteiger partial charge is 0.185 e. The van der Waals surface area contributed by atoms with Crippen molar-refractivity contribution in [3.05, 3.63) is 11.1 Å². The molecule has 2 saturated heterocycles. The van der Waals surface area contributed by atoms with Gasteiger partial charge in [-0.1, -0.05) is 0 Å². The molecule has 5 heteroatoms. The molecule has 1 aromatic heterocycles. The average molecular weight is 280 g/mol. The van der Waals surface area contributed by atoms with Crippen LogP contribution in [-0.4, -0.2) is 55.7 Å². The Balaban J connectivity index is 1.46. The molecule has 19 heavy (non-hydrogen) atoms. The number of aryl methyl sites for hydroxylation is 1. The maximum Gasteiger partial charge on any atom is 0.185 e. The van der Waals surface area contributed by atoms with E-state index in [1.165, 1.54) is 55.6 Å². The van der Waals surface area contributed by atoms with Gasteiger partial charge < -0.3 is 10.2 Å². The molecular weight excluding hydrogens is 256 g/mol. The number of hydrogen-bond donors (Lipinski definition) is 1. The maximum atomic E-state index is 4.50. The van der Waals surface area contributed by atoms with Crippen LogP contribution in [0, 0.1) is 12.8 Å². The number of nitrogens with one attached hydrogen (secondary N) is 1. The fourth-order valence-electron chi connectivity index (χ4n) is 3.04. The van der Waals surface area contributed by atoms with E-state index >= 15 is 0 Å². The van der Waals surface area contributed by atoms with Crippen molar-refractivity contribution in [3.63, 3.8) is 0 Å². The topological polar surface area (TPSA) is 31.4 Å². The van der Waals surface area contributed by atoms with Crippen molar-refractivity contribution in [1.82, 2.24) is 15.2 Å². The summed E-state index contributed by atoms with van der Waals surface area (Å²) in [4.78, 5) is 10.9. The van der Waals surface area contributed by atoms with Crippen molar-refractivity contribution in [3.8, 4) is 0 Å². The van der Waals surface area contributed by atoms with Crippen LogP contribution >= 0.6 is 11.3 Å². The number of thiazole rings is 1. The predicted octanol–water partition coefficient (Wildman–Crippen LogP) is 1.57. The zero-order chi connectivity index (χ0) is 13.1. The first-order valence-corrected chi connectivity index (χ1v) is 8.23. The Bertz CT molecular complexity index is 392. The van der Waals surface area contributed by atoms with Gasteiger partial charge in [-0.05, 0) is 38.8 Å². The van der Waals surface area contributed by atoms with Gasteiger partial charge in [0.2, 0.25) is 0 Å². The number of aromatic nitrogens is 1. The van der Waals surface area contributed by atoms with Crippen LogP contribution in [0.15, 0.2) is 6.20 Å². The number of hydrogen-bond acceptors (Lipinski definition) is 5. The van der Waals surface area contributed by atoms with E-state index in [-0.39, 0.29) is 0 Å². The van der Waals surface area contributed by atoms with Crippen LogP contribution in [0.5, 0.6) is 0 Å². The Morgan fingerprint density at radius 2 is 2.00 bits per heavy atom. The molecule has 0 bridgehead atoms. The normalized spacial score (nSPS) is 22.9. The molecule has 1 N–H and O–H groups in total. The molecule has 2 aliphatic heterocycles. The van der Waals surface area contributed by atoms with Gasteiger partial charge in [0.1, 0.15) is 0 Å². The summed E-state index contributed by atoms with van der Waals surface area (Å²) >= 11 is 1.82. The summed E-state index contributed by atoms with van der Waals surface area (Å²) < 4.78 is 0. The fraction of sp³-hybridized carbons (Fsp3) is 0.786. The number of anilines is 1. The van der Waals surface area contributed by atoms with Crippen molar-refractivity contribution >= 4 is 16.5 Å². The Labute approximate surface area is 119 Å². The van der Waals surface area contributed by atoms with E-state index in [0.717, 1.165) is 19.0 Å². The van der Waals surface area contributed by atoms with Crippen LogP contribution in [0.25, 0.3) is 0 Å². The lowest BCUT2D eigenvalue weighted by atomic mass is 9.97. The first-order valence-electron chi connectivity index (χ1n) is 7.42. The molecule has 0 unspecified atom stereocenters. The highest BCUT2D eigenvalue weighted by molar-refractivity contribution is 7.15. The lowest BCUT2D eigenvalue weighted by Gasteiger charge is -2.37. The molecule has 0 aromatic carbocycles. The molecule has 106 valence electrons. The van der Waals surface area contributed by atoms with Crippen molar-refractivity contribution in [2.75, 3.05) is 50.7 Å². The second kappa shape index (κ2) is 6.20. The molecule has 0 spiro atoms. The van der Waals surface area contributed by atoms with Crippen LogP contribution < -0.4 is 10.2 Å². The summed E-state index contributed by atoms with van der Waals surface area (Å²) in [5, 5.41) is 4.66. The van der Waals surface area contributed by atoms with Crippen LogP contribution in [0.3, 0.4) is 0 Å². The maximum absolute atomic E-state index is 4.50. The lowest BCUT2D eigenvalue weighted by molar-refractivity contribution is 0.196. The summed E-state index contributed by atoms with van der Waals surface area (Å²) in [5.74, 6) is 0.912. The first kappa shape index (κ1) is 13.3. The van der Waals surface area contributed by atoms with E-state index < -0.39 is 0 Å². The lowest BCUT2D eigenvalue weighted by Crippen LogP contribution is -2.48. The predicted molar refractivity (Wildman–Crippen MR) is 81.1 cm³/mol. The Morgan fingerprint density at radius 1 is 1.26 bits per heavy atom. The Morgan fingerprint density at radius 3 is 2.63 bits per heavy atom. The van der Waals surface area contributed by atoms with Gasteiger partial charge in [0.15, 0.2) is 5.13 Å². The zero-order valence-corrected chi connectivity index (χ0v) is 12.6. The molecule has 0 radical (unpaired) electrons.